The molecule has 4 nitrogen and oxygen atoms in total. The van der Waals surface area contributed by atoms with E-state index in [1.807, 2.05) is 12.3 Å². The summed E-state index contributed by atoms with van der Waals surface area (Å²) in [6, 6.07) is 6.74. The Morgan fingerprint density at radius 1 is 1.41 bits per heavy atom. The van der Waals surface area contributed by atoms with Crippen molar-refractivity contribution < 1.29 is 4.74 Å². The van der Waals surface area contributed by atoms with Crippen LogP contribution in [0.1, 0.15) is 48.2 Å². The van der Waals surface area contributed by atoms with E-state index in [9.17, 15) is 0 Å². The maximum Gasteiger partial charge on any atom is 0.123 e. The van der Waals surface area contributed by atoms with Gasteiger partial charge in [0.2, 0.25) is 0 Å². The van der Waals surface area contributed by atoms with Gasteiger partial charge in [0.1, 0.15) is 5.75 Å². The van der Waals surface area contributed by atoms with Crippen molar-refractivity contribution in [2.75, 3.05) is 7.11 Å². The van der Waals surface area contributed by atoms with Crippen molar-refractivity contribution in [2.24, 2.45) is 0 Å². The molecule has 0 unspecified atom stereocenters. The summed E-state index contributed by atoms with van der Waals surface area (Å²) in [5.41, 5.74) is 5.26. The highest BCUT2D eigenvalue weighted by Gasteiger charge is 2.23. The third-order valence-electron chi connectivity index (χ3n) is 4.54. The van der Waals surface area contributed by atoms with Crippen LogP contribution in [0.4, 0.5) is 0 Å². The van der Waals surface area contributed by atoms with Crippen LogP contribution in [-0.2, 0) is 19.5 Å². The van der Waals surface area contributed by atoms with E-state index in [0.29, 0.717) is 6.04 Å². The molecule has 3 rings (SSSR count). The molecular weight excluding hydrogens is 274 g/mol. The Balaban J connectivity index is 1.76. The lowest BCUT2D eigenvalue weighted by atomic mass is 9.92. The fraction of sp³-hybridized carbons (Fsp3) is 0.500. The summed E-state index contributed by atoms with van der Waals surface area (Å²) < 4.78 is 7.61. The van der Waals surface area contributed by atoms with Gasteiger partial charge in [0.25, 0.3) is 0 Å². The van der Waals surface area contributed by atoms with Gasteiger partial charge in [0.05, 0.1) is 13.3 Å². The Labute approximate surface area is 132 Å². The monoisotopic (exact) mass is 299 g/mol. The van der Waals surface area contributed by atoms with Gasteiger partial charge in [-0.1, -0.05) is 17.7 Å². The average Bonchev–Trinajstić information content (AvgIpc) is 2.96. The minimum atomic E-state index is 0.397. The largest absolute Gasteiger partial charge is 0.496 e. The van der Waals surface area contributed by atoms with Crippen molar-refractivity contribution in [3.8, 4) is 5.75 Å². The van der Waals surface area contributed by atoms with Crippen LogP contribution >= 0.6 is 0 Å². The van der Waals surface area contributed by atoms with Crippen LogP contribution in [0.5, 0.6) is 5.75 Å². The van der Waals surface area contributed by atoms with Gasteiger partial charge in [-0.3, -0.25) is 4.68 Å². The molecule has 22 heavy (non-hydrogen) atoms. The number of nitrogens with zero attached hydrogens (tertiary/aromatic N) is 2. The second-order valence-electron chi connectivity index (χ2n) is 6.00. The first-order chi connectivity index (χ1) is 10.7. The van der Waals surface area contributed by atoms with Crippen LogP contribution in [0.2, 0.25) is 0 Å². The summed E-state index contributed by atoms with van der Waals surface area (Å²) in [6.45, 7) is 6.05. The van der Waals surface area contributed by atoms with E-state index in [1.54, 1.807) is 7.11 Å². The number of rotatable bonds is 5. The molecule has 2 aromatic rings. The molecule has 0 aliphatic heterocycles. The summed E-state index contributed by atoms with van der Waals surface area (Å²) in [5, 5.41) is 8.22. The molecule has 0 spiro atoms. The molecule has 4 heteroatoms. The van der Waals surface area contributed by atoms with Crippen LogP contribution in [0.25, 0.3) is 0 Å². The molecule has 1 aromatic heterocycles. The maximum absolute atomic E-state index is 5.47. The number of fused-ring (bicyclic) bond motifs is 1. The normalized spacial score (nSPS) is 17.3. The Morgan fingerprint density at radius 3 is 3.05 bits per heavy atom. The summed E-state index contributed by atoms with van der Waals surface area (Å²) >= 11 is 0. The lowest BCUT2D eigenvalue weighted by Gasteiger charge is -2.24. The van der Waals surface area contributed by atoms with Gasteiger partial charge in [-0.2, -0.15) is 5.10 Å². The molecule has 1 heterocycles. The predicted molar refractivity (Wildman–Crippen MR) is 88.2 cm³/mol. The Bertz CT molecular complexity index is 648. The van der Waals surface area contributed by atoms with Gasteiger partial charge in [-0.25, -0.2) is 0 Å². The Hall–Kier alpha value is -1.81. The van der Waals surface area contributed by atoms with E-state index in [4.69, 9.17) is 4.74 Å². The minimum absolute atomic E-state index is 0.397. The van der Waals surface area contributed by atoms with Crippen LogP contribution in [0.3, 0.4) is 0 Å². The molecule has 118 valence electrons. The second-order valence-corrected chi connectivity index (χ2v) is 6.00. The standard InChI is InChI=1S/C18H25N3O/c1-4-21-17-7-5-6-16(15(17)12-20-21)19-11-14-10-13(2)8-9-18(14)22-3/h8-10,12,16,19H,4-7,11H2,1-3H3/t16-/m0/s1. The highest BCUT2D eigenvalue weighted by molar-refractivity contribution is 5.37. The Morgan fingerprint density at radius 2 is 2.27 bits per heavy atom. The fourth-order valence-electron chi connectivity index (χ4n) is 3.38. The van der Waals surface area contributed by atoms with Crippen molar-refractivity contribution in [2.45, 2.75) is 52.2 Å². The number of ether oxygens (including phenoxy) is 1. The van der Waals surface area contributed by atoms with Gasteiger partial charge in [0.15, 0.2) is 0 Å². The Kier molecular flexibility index (Phi) is 4.48. The third kappa shape index (κ3) is 2.88. The van der Waals surface area contributed by atoms with E-state index >= 15 is 0 Å². The van der Waals surface area contributed by atoms with E-state index in [0.717, 1.165) is 25.3 Å². The van der Waals surface area contributed by atoms with Crippen molar-refractivity contribution >= 4 is 0 Å². The SMILES string of the molecule is CCn1ncc2c1CCC[C@@H]2NCc1cc(C)ccc1OC. The number of hydrogen-bond donors (Lipinski definition) is 1. The second kappa shape index (κ2) is 6.53. The summed E-state index contributed by atoms with van der Waals surface area (Å²) in [5.74, 6) is 0.957. The summed E-state index contributed by atoms with van der Waals surface area (Å²) in [4.78, 5) is 0. The lowest BCUT2D eigenvalue weighted by molar-refractivity contribution is 0.400. The highest BCUT2D eigenvalue weighted by atomic mass is 16.5. The van der Waals surface area contributed by atoms with E-state index < -0.39 is 0 Å². The average molecular weight is 299 g/mol. The van der Waals surface area contributed by atoms with E-state index in [2.05, 4.69) is 41.1 Å². The molecule has 0 radical (unpaired) electrons. The van der Waals surface area contributed by atoms with Crippen molar-refractivity contribution in [1.82, 2.24) is 15.1 Å². The molecule has 0 bridgehead atoms. The van der Waals surface area contributed by atoms with E-state index in [1.165, 1.54) is 35.2 Å². The lowest BCUT2D eigenvalue weighted by Crippen LogP contribution is -2.25. The van der Waals surface area contributed by atoms with Gasteiger partial charge >= 0.3 is 0 Å². The minimum Gasteiger partial charge on any atom is -0.496 e. The molecule has 1 aliphatic rings. The first-order valence-corrected chi connectivity index (χ1v) is 8.14. The number of methoxy groups -OCH3 is 1. The topological polar surface area (TPSA) is 39.1 Å². The molecule has 1 atom stereocenters. The number of hydrogen-bond acceptors (Lipinski definition) is 3. The first kappa shape index (κ1) is 15.1. The number of benzene rings is 1. The zero-order chi connectivity index (χ0) is 15.5. The maximum atomic E-state index is 5.47. The molecule has 0 fully saturated rings. The molecule has 1 aliphatic carbocycles. The number of nitrogens with one attached hydrogen (secondary N) is 1. The molecule has 1 N–H and O–H groups in total. The van der Waals surface area contributed by atoms with Crippen LogP contribution in [0.15, 0.2) is 24.4 Å². The molecule has 1 aromatic carbocycles. The number of aromatic nitrogens is 2. The van der Waals surface area contributed by atoms with Crippen molar-refractivity contribution in [3.63, 3.8) is 0 Å². The summed E-state index contributed by atoms with van der Waals surface area (Å²) in [6.07, 6.45) is 5.59. The number of aryl methyl sites for hydroxylation is 2. The molecular formula is C18H25N3O. The van der Waals surface area contributed by atoms with Crippen molar-refractivity contribution in [1.29, 1.82) is 0 Å². The van der Waals surface area contributed by atoms with Crippen molar-refractivity contribution in [3.05, 3.63) is 46.8 Å². The van der Waals surface area contributed by atoms with Crippen LogP contribution < -0.4 is 10.1 Å². The quantitative estimate of drug-likeness (QED) is 0.920. The zero-order valence-electron chi connectivity index (χ0n) is 13.7. The molecule has 0 amide bonds. The van der Waals surface area contributed by atoms with Gasteiger partial charge in [-0.15, -0.1) is 0 Å². The molecule has 0 saturated carbocycles. The van der Waals surface area contributed by atoms with E-state index in [-0.39, 0.29) is 0 Å². The zero-order valence-corrected chi connectivity index (χ0v) is 13.7. The van der Waals surface area contributed by atoms with Gasteiger partial charge < -0.3 is 10.1 Å². The summed E-state index contributed by atoms with van der Waals surface area (Å²) in [7, 11) is 1.73. The van der Waals surface area contributed by atoms with Crippen LogP contribution in [-0.4, -0.2) is 16.9 Å². The predicted octanol–water partition coefficient (Wildman–Crippen LogP) is 3.39. The third-order valence-corrected chi connectivity index (χ3v) is 4.54. The van der Waals surface area contributed by atoms with Crippen LogP contribution in [0, 0.1) is 6.92 Å². The van der Waals surface area contributed by atoms with Gasteiger partial charge in [0, 0.05) is 36.0 Å². The molecule has 0 saturated heterocycles. The smallest absolute Gasteiger partial charge is 0.123 e. The first-order valence-electron chi connectivity index (χ1n) is 8.14. The fourth-order valence-corrected chi connectivity index (χ4v) is 3.38. The van der Waals surface area contributed by atoms with Gasteiger partial charge in [-0.05, 0) is 39.2 Å². The highest BCUT2D eigenvalue weighted by Crippen LogP contribution is 2.30.